The minimum Gasteiger partial charge on any atom is -0.483 e. The van der Waals surface area contributed by atoms with Crippen LogP contribution in [-0.2, 0) is 6.61 Å². The zero-order chi connectivity index (χ0) is 23.3. The van der Waals surface area contributed by atoms with Crippen molar-refractivity contribution in [3.63, 3.8) is 0 Å². The highest BCUT2D eigenvalue weighted by molar-refractivity contribution is 7.99. The maximum atomic E-state index is 14.0. The van der Waals surface area contributed by atoms with Gasteiger partial charge in [-0.2, -0.15) is 0 Å². The Kier molecular flexibility index (Phi) is 6.35. The first-order valence-corrected chi connectivity index (χ1v) is 11.5. The molecule has 0 spiro atoms. The van der Waals surface area contributed by atoms with E-state index in [9.17, 15) is 4.39 Å². The number of nitrogens with zero attached hydrogens (tertiary/aromatic N) is 5. The molecule has 0 bridgehead atoms. The van der Waals surface area contributed by atoms with Crippen LogP contribution in [0.3, 0.4) is 0 Å². The lowest BCUT2D eigenvalue weighted by molar-refractivity contribution is 0.278. The van der Waals surface area contributed by atoms with Gasteiger partial charge in [0.2, 0.25) is 11.8 Å². The van der Waals surface area contributed by atoms with E-state index < -0.39 is 5.82 Å². The normalized spacial score (nSPS) is 11.9. The highest BCUT2D eigenvalue weighted by Crippen LogP contribution is 2.35. The topological polar surface area (TPSA) is 78.9 Å². The van der Waals surface area contributed by atoms with Crippen LogP contribution in [0.5, 0.6) is 5.75 Å². The molecule has 0 aliphatic rings. The van der Waals surface area contributed by atoms with E-state index in [-0.39, 0.29) is 17.6 Å². The smallest absolute Gasteiger partial charge is 0.247 e. The molecule has 0 amide bonds. The van der Waals surface area contributed by atoms with Gasteiger partial charge in [0.1, 0.15) is 6.61 Å². The largest absolute Gasteiger partial charge is 0.483 e. The Bertz CT molecular complexity index is 1370. The maximum Gasteiger partial charge on any atom is 0.247 e. The highest BCUT2D eigenvalue weighted by Gasteiger charge is 2.22. The molecule has 0 aliphatic heterocycles. The second-order valence-electron chi connectivity index (χ2n) is 7.36. The van der Waals surface area contributed by atoms with Crippen LogP contribution in [0.1, 0.15) is 23.9 Å². The molecule has 5 aromatic rings. The summed E-state index contributed by atoms with van der Waals surface area (Å²) in [6.45, 7) is 2.02. The molecule has 0 saturated carbocycles. The number of hydrogen-bond donors (Lipinski definition) is 0. The van der Waals surface area contributed by atoms with E-state index in [2.05, 4.69) is 20.4 Å². The van der Waals surface area contributed by atoms with E-state index >= 15 is 0 Å². The summed E-state index contributed by atoms with van der Waals surface area (Å²) in [5.41, 5.74) is 1.73. The van der Waals surface area contributed by atoms with Gasteiger partial charge in [-0.1, -0.05) is 60.3 Å². The van der Waals surface area contributed by atoms with Crippen molar-refractivity contribution in [1.82, 2.24) is 25.0 Å². The van der Waals surface area contributed by atoms with Gasteiger partial charge in [0.15, 0.2) is 22.5 Å². The molecule has 5 rings (SSSR count). The van der Waals surface area contributed by atoms with E-state index in [0.29, 0.717) is 22.8 Å². The number of benzene rings is 3. The molecule has 2 aromatic heterocycles. The third-order valence-corrected chi connectivity index (χ3v) is 6.03. The fraction of sp³-hybridized carbons (Fsp3) is 0.120. The average molecular weight is 474 g/mol. The van der Waals surface area contributed by atoms with Gasteiger partial charge in [0.05, 0.1) is 5.25 Å². The van der Waals surface area contributed by atoms with Crippen LogP contribution in [0.15, 0.2) is 94.5 Å². The Balaban J connectivity index is 1.40. The van der Waals surface area contributed by atoms with Crippen molar-refractivity contribution in [2.45, 2.75) is 23.9 Å². The van der Waals surface area contributed by atoms with Crippen LogP contribution in [0.4, 0.5) is 4.39 Å². The molecule has 0 saturated heterocycles. The molecule has 1 unspecified atom stereocenters. The van der Waals surface area contributed by atoms with Gasteiger partial charge in [0, 0.05) is 11.3 Å². The predicted molar refractivity (Wildman–Crippen MR) is 126 cm³/mol. The standard InChI is InChI=1S/C25H20FN5O2S/c1-17(23-28-29-24(33-23)18-10-4-2-5-11-18)34-25-30-27-22(31(25)19-12-6-3-7-13-19)16-32-21-15-9-8-14-20(21)26/h2-15,17H,16H2,1H3. The maximum absolute atomic E-state index is 14.0. The van der Waals surface area contributed by atoms with Gasteiger partial charge in [-0.3, -0.25) is 4.57 Å². The number of rotatable bonds is 8. The molecule has 3 aromatic carbocycles. The zero-order valence-corrected chi connectivity index (χ0v) is 19.0. The summed E-state index contributed by atoms with van der Waals surface area (Å²) < 4.78 is 27.5. The molecular formula is C25H20FN5O2S. The van der Waals surface area contributed by atoms with Crippen molar-refractivity contribution < 1.29 is 13.5 Å². The highest BCUT2D eigenvalue weighted by atomic mass is 32.2. The van der Waals surface area contributed by atoms with Gasteiger partial charge < -0.3 is 9.15 Å². The van der Waals surface area contributed by atoms with E-state index in [1.807, 2.05) is 72.2 Å². The summed E-state index contributed by atoms with van der Waals surface area (Å²) in [6.07, 6.45) is 0. The van der Waals surface area contributed by atoms with Gasteiger partial charge in [-0.15, -0.1) is 20.4 Å². The van der Waals surface area contributed by atoms with Crippen molar-refractivity contribution >= 4 is 11.8 Å². The molecule has 2 heterocycles. The lowest BCUT2D eigenvalue weighted by Crippen LogP contribution is -2.07. The zero-order valence-electron chi connectivity index (χ0n) is 18.2. The Labute approximate surface area is 199 Å². The van der Waals surface area contributed by atoms with Crippen LogP contribution in [0.25, 0.3) is 17.1 Å². The number of ether oxygens (including phenoxy) is 1. The summed E-state index contributed by atoms with van der Waals surface area (Å²) >= 11 is 1.44. The first-order chi connectivity index (χ1) is 16.7. The minimum absolute atomic E-state index is 0.0521. The van der Waals surface area contributed by atoms with Crippen molar-refractivity contribution in [3.8, 4) is 22.9 Å². The van der Waals surface area contributed by atoms with Crippen molar-refractivity contribution in [2.24, 2.45) is 0 Å². The van der Waals surface area contributed by atoms with E-state index in [0.717, 1.165) is 11.3 Å². The average Bonchev–Trinajstić information content (AvgIpc) is 3.52. The van der Waals surface area contributed by atoms with Gasteiger partial charge in [-0.25, -0.2) is 4.39 Å². The molecule has 7 nitrogen and oxygen atoms in total. The van der Waals surface area contributed by atoms with Crippen LogP contribution in [-0.4, -0.2) is 25.0 Å². The summed E-state index contributed by atoms with van der Waals surface area (Å²) in [5, 5.41) is 17.5. The van der Waals surface area contributed by atoms with E-state index in [1.54, 1.807) is 18.2 Å². The monoisotopic (exact) mass is 473 g/mol. The summed E-state index contributed by atoms with van der Waals surface area (Å²) in [5.74, 6) is 1.22. The number of para-hydroxylation sites is 2. The second-order valence-corrected chi connectivity index (χ2v) is 8.67. The number of aromatic nitrogens is 5. The Hall–Kier alpha value is -3.98. The van der Waals surface area contributed by atoms with Crippen molar-refractivity contribution in [3.05, 3.63) is 102 Å². The molecule has 170 valence electrons. The summed E-state index contributed by atoms with van der Waals surface area (Å²) in [6, 6.07) is 25.6. The van der Waals surface area contributed by atoms with Gasteiger partial charge in [-0.05, 0) is 43.3 Å². The molecule has 0 N–H and O–H groups in total. The predicted octanol–water partition coefficient (Wildman–Crippen LogP) is 5.89. The van der Waals surface area contributed by atoms with E-state index in [4.69, 9.17) is 9.15 Å². The van der Waals surface area contributed by atoms with Crippen LogP contribution in [0, 0.1) is 5.82 Å². The Morgan fingerprint density at radius 2 is 1.59 bits per heavy atom. The second kappa shape index (κ2) is 9.88. The molecule has 0 fully saturated rings. The van der Waals surface area contributed by atoms with Gasteiger partial charge >= 0.3 is 0 Å². The minimum atomic E-state index is -0.429. The van der Waals surface area contributed by atoms with Gasteiger partial charge in [0.25, 0.3) is 0 Å². The lowest BCUT2D eigenvalue weighted by Gasteiger charge is -2.12. The third-order valence-electron chi connectivity index (χ3n) is 5.00. The molecule has 1 atom stereocenters. The molecule has 9 heteroatoms. The number of thioether (sulfide) groups is 1. The molecule has 0 radical (unpaired) electrons. The molecule has 0 aliphatic carbocycles. The lowest BCUT2D eigenvalue weighted by atomic mass is 10.2. The first kappa shape index (κ1) is 21.8. The third kappa shape index (κ3) is 4.69. The first-order valence-electron chi connectivity index (χ1n) is 10.6. The molecular weight excluding hydrogens is 453 g/mol. The molecule has 34 heavy (non-hydrogen) atoms. The fourth-order valence-electron chi connectivity index (χ4n) is 3.32. The summed E-state index contributed by atoms with van der Waals surface area (Å²) in [7, 11) is 0. The SMILES string of the molecule is CC(Sc1nnc(COc2ccccc2F)n1-c1ccccc1)c1nnc(-c2ccccc2)o1. The number of halogens is 1. The van der Waals surface area contributed by atoms with Crippen LogP contribution < -0.4 is 4.74 Å². The van der Waals surface area contributed by atoms with Crippen molar-refractivity contribution in [2.75, 3.05) is 0 Å². The Morgan fingerprint density at radius 1 is 0.882 bits per heavy atom. The van der Waals surface area contributed by atoms with Crippen molar-refractivity contribution in [1.29, 1.82) is 0 Å². The fourth-order valence-corrected chi connectivity index (χ4v) is 4.23. The van der Waals surface area contributed by atoms with Crippen LogP contribution >= 0.6 is 11.8 Å². The number of hydrogen-bond acceptors (Lipinski definition) is 7. The van der Waals surface area contributed by atoms with Crippen LogP contribution in [0.2, 0.25) is 0 Å². The summed E-state index contributed by atoms with van der Waals surface area (Å²) in [4.78, 5) is 0. The van der Waals surface area contributed by atoms with E-state index in [1.165, 1.54) is 17.8 Å². The Morgan fingerprint density at radius 3 is 2.35 bits per heavy atom. The quantitative estimate of drug-likeness (QED) is 0.260.